The van der Waals surface area contributed by atoms with Gasteiger partial charge in [0.2, 0.25) is 0 Å². The Kier molecular flexibility index (Phi) is 2.62. The van der Waals surface area contributed by atoms with Crippen LogP contribution in [0.4, 0.5) is 0 Å². The van der Waals surface area contributed by atoms with Crippen molar-refractivity contribution in [3.63, 3.8) is 0 Å². The number of hydrogen-bond donors (Lipinski definition) is 0. The minimum absolute atomic E-state index is 0.670. The van der Waals surface area contributed by atoms with Crippen LogP contribution in [0.5, 0.6) is 0 Å². The Morgan fingerprint density at radius 1 is 0.857 bits per heavy atom. The van der Waals surface area contributed by atoms with Crippen LogP contribution in [0.25, 0.3) is 12.2 Å². The fourth-order valence-corrected chi connectivity index (χ4v) is 1.07. The van der Waals surface area contributed by atoms with E-state index in [2.05, 4.69) is 15.0 Å². The summed E-state index contributed by atoms with van der Waals surface area (Å²) in [6.45, 7) is 0. The van der Waals surface area contributed by atoms with E-state index >= 15 is 0 Å². The lowest BCUT2D eigenvalue weighted by Gasteiger charge is -1.91. The third-order valence-electron chi connectivity index (χ3n) is 1.74. The highest BCUT2D eigenvalue weighted by Crippen LogP contribution is 2.03. The molecule has 0 aliphatic carbocycles. The van der Waals surface area contributed by atoms with Crippen molar-refractivity contribution in [2.45, 2.75) is 0 Å². The molecule has 3 heteroatoms. The van der Waals surface area contributed by atoms with Gasteiger partial charge >= 0.3 is 0 Å². The van der Waals surface area contributed by atoms with Crippen molar-refractivity contribution in [2.75, 3.05) is 0 Å². The van der Waals surface area contributed by atoms with Crippen LogP contribution in [0, 0.1) is 0 Å². The van der Waals surface area contributed by atoms with Gasteiger partial charge in [-0.05, 0) is 11.6 Å². The van der Waals surface area contributed by atoms with Crippen LogP contribution in [0.1, 0.15) is 11.4 Å². The molecule has 68 valence electrons. The summed E-state index contributed by atoms with van der Waals surface area (Å²) >= 11 is 0. The zero-order valence-electron chi connectivity index (χ0n) is 7.54. The van der Waals surface area contributed by atoms with Crippen LogP contribution >= 0.6 is 0 Å². The number of aromatic nitrogens is 3. The molecule has 0 N–H and O–H groups in total. The fraction of sp³-hybridized carbons (Fsp3) is 0. The summed E-state index contributed by atoms with van der Waals surface area (Å²) < 4.78 is 0. The maximum absolute atomic E-state index is 3.98. The average Bonchev–Trinajstić information content (AvgIpc) is 2.29. The summed E-state index contributed by atoms with van der Waals surface area (Å²) in [6, 6.07) is 10.0. The van der Waals surface area contributed by atoms with Crippen LogP contribution in [0.2, 0.25) is 0 Å². The van der Waals surface area contributed by atoms with Crippen molar-refractivity contribution in [2.24, 2.45) is 0 Å². The average molecular weight is 183 g/mol. The Morgan fingerprint density at radius 3 is 2.29 bits per heavy atom. The number of rotatable bonds is 2. The molecule has 0 aliphatic heterocycles. The minimum Gasteiger partial charge on any atom is -0.225 e. The summed E-state index contributed by atoms with van der Waals surface area (Å²) in [6.07, 6.45) is 6.79. The van der Waals surface area contributed by atoms with Gasteiger partial charge in [-0.2, -0.15) is 0 Å². The van der Waals surface area contributed by atoms with Gasteiger partial charge in [-0.25, -0.2) is 15.0 Å². The van der Waals surface area contributed by atoms with E-state index in [1.807, 2.05) is 42.5 Å². The highest BCUT2D eigenvalue weighted by molar-refractivity contribution is 5.66. The Labute approximate surface area is 82.2 Å². The summed E-state index contributed by atoms with van der Waals surface area (Å²) in [5.41, 5.74) is 1.13. The topological polar surface area (TPSA) is 38.7 Å². The minimum atomic E-state index is 0.670. The van der Waals surface area contributed by atoms with Crippen LogP contribution < -0.4 is 0 Å². The molecule has 1 aromatic heterocycles. The first kappa shape index (κ1) is 8.56. The highest BCUT2D eigenvalue weighted by Gasteiger charge is 1.87. The SMILES string of the molecule is C(=Cc1ncncn1)c1ccccc1. The number of benzene rings is 1. The molecule has 2 rings (SSSR count). The number of hydrogen-bond acceptors (Lipinski definition) is 3. The molecule has 0 fully saturated rings. The molecule has 0 unspecified atom stereocenters. The molecular formula is C11H9N3. The molecule has 0 saturated heterocycles. The quantitative estimate of drug-likeness (QED) is 0.715. The first-order valence-electron chi connectivity index (χ1n) is 4.30. The summed E-state index contributed by atoms with van der Waals surface area (Å²) in [5.74, 6) is 0.670. The monoisotopic (exact) mass is 183 g/mol. The third kappa shape index (κ3) is 2.23. The predicted octanol–water partition coefficient (Wildman–Crippen LogP) is 2.04. The molecule has 0 amide bonds. The van der Waals surface area contributed by atoms with E-state index in [9.17, 15) is 0 Å². The predicted molar refractivity (Wildman–Crippen MR) is 55.2 cm³/mol. The molecule has 3 nitrogen and oxygen atoms in total. The summed E-state index contributed by atoms with van der Waals surface area (Å²) in [5, 5.41) is 0. The molecule has 2 aromatic rings. The third-order valence-corrected chi connectivity index (χ3v) is 1.74. The fourth-order valence-electron chi connectivity index (χ4n) is 1.07. The van der Waals surface area contributed by atoms with Crippen LogP contribution in [-0.2, 0) is 0 Å². The van der Waals surface area contributed by atoms with E-state index < -0.39 is 0 Å². The van der Waals surface area contributed by atoms with E-state index in [0.717, 1.165) is 5.56 Å². The van der Waals surface area contributed by atoms with E-state index in [4.69, 9.17) is 0 Å². The normalized spacial score (nSPS) is 10.6. The van der Waals surface area contributed by atoms with Gasteiger partial charge < -0.3 is 0 Å². The van der Waals surface area contributed by atoms with Gasteiger partial charge in [-0.15, -0.1) is 0 Å². The maximum Gasteiger partial charge on any atom is 0.155 e. The first-order chi connectivity index (χ1) is 6.95. The van der Waals surface area contributed by atoms with Crippen molar-refractivity contribution in [1.82, 2.24) is 15.0 Å². The molecule has 1 aromatic carbocycles. The lowest BCUT2D eigenvalue weighted by atomic mass is 10.2. The van der Waals surface area contributed by atoms with E-state index in [1.165, 1.54) is 12.7 Å². The zero-order chi connectivity index (χ0) is 9.64. The van der Waals surface area contributed by atoms with Gasteiger partial charge in [-0.3, -0.25) is 0 Å². The molecule has 0 saturated carbocycles. The Hall–Kier alpha value is -2.03. The molecule has 14 heavy (non-hydrogen) atoms. The Bertz CT molecular complexity index is 368. The lowest BCUT2D eigenvalue weighted by Crippen LogP contribution is -1.85. The Balaban J connectivity index is 2.16. The molecule has 0 bridgehead atoms. The molecule has 0 radical (unpaired) electrons. The van der Waals surface area contributed by atoms with Crippen molar-refractivity contribution >= 4 is 12.2 Å². The van der Waals surface area contributed by atoms with Gasteiger partial charge in [0.1, 0.15) is 12.7 Å². The second-order valence-electron chi connectivity index (χ2n) is 2.74. The maximum atomic E-state index is 3.98. The standard InChI is InChI=1S/C11H9N3/c1-2-4-10(5-3-1)6-7-11-13-8-12-9-14-11/h1-9H. The first-order valence-corrected chi connectivity index (χ1v) is 4.30. The van der Waals surface area contributed by atoms with Crippen molar-refractivity contribution in [3.8, 4) is 0 Å². The van der Waals surface area contributed by atoms with Crippen LogP contribution in [0.15, 0.2) is 43.0 Å². The van der Waals surface area contributed by atoms with Gasteiger partial charge in [0.05, 0.1) is 0 Å². The van der Waals surface area contributed by atoms with Crippen molar-refractivity contribution in [1.29, 1.82) is 0 Å². The van der Waals surface area contributed by atoms with Gasteiger partial charge in [0.25, 0.3) is 0 Å². The van der Waals surface area contributed by atoms with Gasteiger partial charge in [0, 0.05) is 0 Å². The van der Waals surface area contributed by atoms with E-state index in [0.29, 0.717) is 5.82 Å². The summed E-state index contributed by atoms with van der Waals surface area (Å²) in [7, 11) is 0. The Morgan fingerprint density at radius 2 is 1.57 bits per heavy atom. The lowest BCUT2D eigenvalue weighted by molar-refractivity contribution is 1.03. The second-order valence-corrected chi connectivity index (χ2v) is 2.74. The molecule has 0 aliphatic rings. The highest BCUT2D eigenvalue weighted by atomic mass is 15.0. The summed E-state index contributed by atoms with van der Waals surface area (Å²) in [4.78, 5) is 11.7. The molecule has 0 spiro atoms. The molecular weight excluding hydrogens is 174 g/mol. The van der Waals surface area contributed by atoms with E-state index in [1.54, 1.807) is 0 Å². The smallest absolute Gasteiger partial charge is 0.155 e. The van der Waals surface area contributed by atoms with Crippen LogP contribution in [-0.4, -0.2) is 15.0 Å². The second kappa shape index (κ2) is 4.28. The van der Waals surface area contributed by atoms with Gasteiger partial charge in [-0.1, -0.05) is 36.4 Å². The van der Waals surface area contributed by atoms with Gasteiger partial charge in [0.15, 0.2) is 5.82 Å². The molecule has 0 atom stereocenters. The van der Waals surface area contributed by atoms with Crippen molar-refractivity contribution < 1.29 is 0 Å². The van der Waals surface area contributed by atoms with Crippen LogP contribution in [0.3, 0.4) is 0 Å². The number of nitrogens with zero attached hydrogens (tertiary/aromatic N) is 3. The zero-order valence-corrected chi connectivity index (χ0v) is 7.54. The largest absolute Gasteiger partial charge is 0.225 e. The molecule has 1 heterocycles. The van der Waals surface area contributed by atoms with E-state index in [-0.39, 0.29) is 0 Å². The van der Waals surface area contributed by atoms with Crippen molar-refractivity contribution in [3.05, 3.63) is 54.4 Å².